The Bertz CT molecular complexity index is 1090. The molecule has 0 spiro atoms. The Morgan fingerprint density at radius 1 is 1.24 bits per heavy atom. The lowest BCUT2D eigenvalue weighted by Crippen LogP contribution is -2.43. The van der Waals surface area contributed by atoms with Gasteiger partial charge in [-0.3, -0.25) is 14.3 Å². The number of carbonyl (C=O) groups excluding carboxylic acids is 2. The van der Waals surface area contributed by atoms with Gasteiger partial charge in [-0.15, -0.1) is 0 Å². The lowest BCUT2D eigenvalue weighted by Gasteiger charge is -2.34. The van der Waals surface area contributed by atoms with Crippen LogP contribution in [0.3, 0.4) is 0 Å². The van der Waals surface area contributed by atoms with Gasteiger partial charge in [-0.1, -0.05) is 18.6 Å². The summed E-state index contributed by atoms with van der Waals surface area (Å²) < 4.78 is 7.64. The summed E-state index contributed by atoms with van der Waals surface area (Å²) >= 11 is 0. The van der Waals surface area contributed by atoms with E-state index in [1.165, 1.54) is 0 Å². The fourth-order valence-electron chi connectivity index (χ4n) is 4.15. The molecule has 3 aromatic rings. The minimum absolute atomic E-state index is 0.183. The Hall–Kier alpha value is -3.09. The molecule has 1 N–H and O–H groups in total. The molecule has 3 heterocycles. The van der Waals surface area contributed by atoms with Crippen LogP contribution < -0.4 is 5.32 Å². The molecule has 1 saturated carbocycles. The van der Waals surface area contributed by atoms with Crippen molar-refractivity contribution in [3.63, 3.8) is 0 Å². The lowest BCUT2D eigenvalue weighted by molar-refractivity contribution is -0.139. The summed E-state index contributed by atoms with van der Waals surface area (Å²) in [6, 6.07) is 9.46. The number of amides is 2. The minimum Gasteiger partial charge on any atom is -0.461 e. The highest BCUT2D eigenvalue weighted by atomic mass is 16.3. The molecule has 1 aliphatic carbocycles. The molecule has 2 aliphatic rings. The van der Waals surface area contributed by atoms with Crippen LogP contribution in [-0.2, 0) is 24.4 Å². The van der Waals surface area contributed by atoms with Crippen molar-refractivity contribution >= 4 is 22.8 Å². The molecule has 5 rings (SSSR count). The minimum atomic E-state index is -0.183. The van der Waals surface area contributed by atoms with Gasteiger partial charge in [0.15, 0.2) is 0 Å². The number of hydrogen-bond acceptors (Lipinski definition) is 4. The third kappa shape index (κ3) is 3.30. The van der Waals surface area contributed by atoms with Crippen LogP contribution >= 0.6 is 0 Å². The van der Waals surface area contributed by atoms with Crippen molar-refractivity contribution in [3.8, 4) is 0 Å². The molecule has 2 aromatic heterocycles. The molecule has 0 unspecified atom stereocenters. The van der Waals surface area contributed by atoms with Crippen LogP contribution in [-0.4, -0.2) is 33.0 Å². The standard InChI is InChI=1S/C22H24N4O3/c1-14-10-16-6-3-7-19(20(16)29-14)21(27)23-12-17-11-18-13-25(8-9-26(18)24-17)22(28)15-4-2-5-15/h3,6-7,10-11,15H,2,4-5,8-9,12-13H2,1H3,(H,23,27). The van der Waals surface area contributed by atoms with Gasteiger partial charge < -0.3 is 14.6 Å². The van der Waals surface area contributed by atoms with Crippen LogP contribution in [0.25, 0.3) is 11.0 Å². The molecule has 7 heteroatoms. The van der Waals surface area contributed by atoms with E-state index in [0.29, 0.717) is 37.3 Å². The van der Waals surface area contributed by atoms with Crippen LogP contribution in [0, 0.1) is 12.8 Å². The zero-order valence-corrected chi connectivity index (χ0v) is 16.5. The van der Waals surface area contributed by atoms with Gasteiger partial charge in [0.05, 0.1) is 36.6 Å². The quantitative estimate of drug-likeness (QED) is 0.740. The number of carbonyl (C=O) groups is 2. The smallest absolute Gasteiger partial charge is 0.255 e. The second kappa shape index (κ2) is 7.06. The van der Waals surface area contributed by atoms with Gasteiger partial charge in [-0.05, 0) is 38.0 Å². The number of nitrogens with one attached hydrogen (secondary N) is 1. The van der Waals surface area contributed by atoms with E-state index >= 15 is 0 Å². The average Bonchev–Trinajstić information content (AvgIpc) is 3.25. The summed E-state index contributed by atoms with van der Waals surface area (Å²) in [6.07, 6.45) is 3.21. The summed E-state index contributed by atoms with van der Waals surface area (Å²) in [5.74, 6) is 1.09. The number of para-hydroxylation sites is 1. The summed E-state index contributed by atoms with van der Waals surface area (Å²) in [5, 5.41) is 8.46. The van der Waals surface area contributed by atoms with Gasteiger partial charge in [0.1, 0.15) is 11.3 Å². The van der Waals surface area contributed by atoms with E-state index in [-0.39, 0.29) is 17.7 Å². The molecule has 0 radical (unpaired) electrons. The van der Waals surface area contributed by atoms with Crippen LogP contribution in [0.1, 0.15) is 46.8 Å². The number of fused-ring (bicyclic) bond motifs is 2. The first-order valence-corrected chi connectivity index (χ1v) is 10.2. The number of nitrogens with zero attached hydrogens (tertiary/aromatic N) is 3. The predicted octanol–water partition coefficient (Wildman–Crippen LogP) is 3.01. The van der Waals surface area contributed by atoms with Crippen molar-refractivity contribution in [2.75, 3.05) is 6.54 Å². The Kier molecular flexibility index (Phi) is 4.38. The van der Waals surface area contributed by atoms with Crippen LogP contribution in [0.5, 0.6) is 0 Å². The number of aromatic nitrogens is 2. The van der Waals surface area contributed by atoms with Crippen molar-refractivity contribution in [2.45, 2.75) is 45.8 Å². The maximum Gasteiger partial charge on any atom is 0.255 e. The Labute approximate surface area is 168 Å². The molecule has 0 saturated heterocycles. The summed E-state index contributed by atoms with van der Waals surface area (Å²) in [4.78, 5) is 27.1. The topological polar surface area (TPSA) is 80.4 Å². The maximum absolute atomic E-state index is 12.7. The number of hydrogen-bond donors (Lipinski definition) is 1. The van der Waals surface area contributed by atoms with Crippen molar-refractivity contribution < 1.29 is 14.0 Å². The average molecular weight is 392 g/mol. The molecule has 0 bridgehead atoms. The van der Waals surface area contributed by atoms with Crippen molar-refractivity contribution in [1.82, 2.24) is 20.0 Å². The SMILES string of the molecule is Cc1cc2cccc(C(=O)NCc3cc4n(n3)CCN(C(=O)C3CCC3)C4)c2o1. The maximum atomic E-state index is 12.7. The van der Waals surface area contributed by atoms with Gasteiger partial charge in [-0.25, -0.2) is 0 Å². The van der Waals surface area contributed by atoms with Crippen molar-refractivity contribution in [3.05, 3.63) is 53.0 Å². The van der Waals surface area contributed by atoms with E-state index in [1.54, 1.807) is 6.07 Å². The summed E-state index contributed by atoms with van der Waals surface area (Å²) in [5.41, 5.74) is 2.96. The Morgan fingerprint density at radius 2 is 2.10 bits per heavy atom. The fraction of sp³-hybridized carbons (Fsp3) is 0.409. The van der Waals surface area contributed by atoms with Crippen LogP contribution in [0.2, 0.25) is 0 Å². The highest BCUT2D eigenvalue weighted by Crippen LogP contribution is 2.29. The lowest BCUT2D eigenvalue weighted by atomic mass is 9.84. The monoisotopic (exact) mass is 392 g/mol. The van der Waals surface area contributed by atoms with Gasteiger partial charge in [0, 0.05) is 17.8 Å². The van der Waals surface area contributed by atoms with Crippen molar-refractivity contribution in [1.29, 1.82) is 0 Å². The normalized spacial score (nSPS) is 16.5. The Balaban J connectivity index is 1.26. The number of benzene rings is 1. The number of rotatable bonds is 4. The first kappa shape index (κ1) is 18.0. The third-order valence-corrected chi connectivity index (χ3v) is 5.96. The first-order chi connectivity index (χ1) is 14.1. The van der Waals surface area contributed by atoms with E-state index in [4.69, 9.17) is 4.42 Å². The Morgan fingerprint density at radius 3 is 2.90 bits per heavy atom. The molecule has 29 heavy (non-hydrogen) atoms. The molecular formula is C22H24N4O3. The van der Waals surface area contributed by atoms with Gasteiger partial charge in [0.2, 0.25) is 5.91 Å². The highest BCUT2D eigenvalue weighted by molar-refractivity contribution is 6.04. The molecule has 150 valence electrons. The molecule has 1 fully saturated rings. The zero-order valence-electron chi connectivity index (χ0n) is 16.5. The predicted molar refractivity (Wildman–Crippen MR) is 107 cm³/mol. The zero-order chi connectivity index (χ0) is 20.0. The molecular weight excluding hydrogens is 368 g/mol. The van der Waals surface area contributed by atoms with Crippen molar-refractivity contribution in [2.24, 2.45) is 5.92 Å². The molecule has 7 nitrogen and oxygen atoms in total. The second-order valence-corrected chi connectivity index (χ2v) is 8.00. The summed E-state index contributed by atoms with van der Waals surface area (Å²) in [6.45, 7) is 4.21. The third-order valence-electron chi connectivity index (χ3n) is 5.96. The van der Waals surface area contributed by atoms with E-state index in [1.807, 2.05) is 40.8 Å². The molecule has 1 aromatic carbocycles. The second-order valence-electron chi connectivity index (χ2n) is 8.00. The van der Waals surface area contributed by atoms with Gasteiger partial charge in [0.25, 0.3) is 5.91 Å². The largest absolute Gasteiger partial charge is 0.461 e. The van der Waals surface area contributed by atoms with E-state index < -0.39 is 0 Å². The van der Waals surface area contributed by atoms with E-state index in [9.17, 15) is 9.59 Å². The molecule has 0 atom stereocenters. The van der Waals surface area contributed by atoms with Crippen LogP contribution in [0.15, 0.2) is 34.7 Å². The van der Waals surface area contributed by atoms with Gasteiger partial charge in [-0.2, -0.15) is 5.10 Å². The molecule has 2 amide bonds. The van der Waals surface area contributed by atoms with Crippen LogP contribution in [0.4, 0.5) is 0 Å². The highest BCUT2D eigenvalue weighted by Gasteiger charge is 2.31. The fourth-order valence-corrected chi connectivity index (χ4v) is 4.15. The first-order valence-electron chi connectivity index (χ1n) is 10.2. The van der Waals surface area contributed by atoms with E-state index in [0.717, 1.165) is 41.8 Å². The van der Waals surface area contributed by atoms with Gasteiger partial charge >= 0.3 is 0 Å². The van der Waals surface area contributed by atoms with E-state index in [2.05, 4.69) is 10.4 Å². The summed E-state index contributed by atoms with van der Waals surface area (Å²) in [7, 11) is 0. The number of furan rings is 1. The molecule has 1 aliphatic heterocycles. The number of aryl methyl sites for hydroxylation is 1.